The van der Waals surface area contributed by atoms with Gasteiger partial charge in [-0.1, -0.05) is 0 Å². The van der Waals surface area contributed by atoms with Gasteiger partial charge in [0, 0.05) is 10.5 Å². The number of oxazole rings is 1. The molecule has 5 heteroatoms. The topological polar surface area (TPSA) is 63.3 Å². The number of carboxylic acid groups (broad SMARTS) is 1. The average Bonchev–Trinajstić information content (AvgIpc) is 2.90. The molecular weight excluding hydrogens is 274 g/mol. The molecule has 3 aromatic rings. The van der Waals surface area contributed by atoms with Gasteiger partial charge >= 0.3 is 5.97 Å². The molecule has 0 radical (unpaired) electrons. The number of carboxylic acids is 1. The second-order valence-electron chi connectivity index (χ2n) is 4.24. The van der Waals surface area contributed by atoms with Crippen LogP contribution >= 0.6 is 11.8 Å². The van der Waals surface area contributed by atoms with Gasteiger partial charge in [0.25, 0.3) is 0 Å². The highest BCUT2D eigenvalue weighted by molar-refractivity contribution is 7.98. The second-order valence-corrected chi connectivity index (χ2v) is 5.11. The van der Waals surface area contributed by atoms with Crippen molar-refractivity contribution in [3.8, 4) is 11.5 Å². The fourth-order valence-corrected chi connectivity index (χ4v) is 2.33. The van der Waals surface area contributed by atoms with E-state index in [1.165, 1.54) is 12.1 Å². The van der Waals surface area contributed by atoms with Crippen molar-refractivity contribution in [3.05, 3.63) is 48.0 Å². The summed E-state index contributed by atoms with van der Waals surface area (Å²) in [6.07, 6.45) is 2.02. The van der Waals surface area contributed by atoms with Crippen molar-refractivity contribution in [2.75, 3.05) is 6.26 Å². The Hall–Kier alpha value is -2.27. The summed E-state index contributed by atoms with van der Waals surface area (Å²) in [5.41, 5.74) is 2.21. The Morgan fingerprint density at radius 1 is 1.20 bits per heavy atom. The number of fused-ring (bicyclic) bond motifs is 1. The summed E-state index contributed by atoms with van der Waals surface area (Å²) in [6.45, 7) is 0. The monoisotopic (exact) mass is 285 g/mol. The van der Waals surface area contributed by atoms with Crippen LogP contribution in [0.3, 0.4) is 0 Å². The van der Waals surface area contributed by atoms with Gasteiger partial charge in [0.1, 0.15) is 5.52 Å². The van der Waals surface area contributed by atoms with Crippen molar-refractivity contribution in [2.24, 2.45) is 0 Å². The molecule has 2 aromatic carbocycles. The van der Waals surface area contributed by atoms with Crippen LogP contribution < -0.4 is 0 Å². The lowest BCUT2D eigenvalue weighted by molar-refractivity contribution is 0.0697. The molecule has 0 atom stereocenters. The number of hydrogen-bond donors (Lipinski definition) is 1. The van der Waals surface area contributed by atoms with Crippen LogP contribution in [0.1, 0.15) is 10.4 Å². The van der Waals surface area contributed by atoms with Crippen molar-refractivity contribution in [1.29, 1.82) is 0 Å². The molecule has 0 aliphatic carbocycles. The van der Waals surface area contributed by atoms with E-state index >= 15 is 0 Å². The van der Waals surface area contributed by atoms with E-state index in [2.05, 4.69) is 4.98 Å². The third-order valence-corrected chi connectivity index (χ3v) is 3.72. The second kappa shape index (κ2) is 5.02. The Balaban J connectivity index is 2.05. The van der Waals surface area contributed by atoms with Crippen LogP contribution in [0.5, 0.6) is 0 Å². The first-order valence-corrected chi connectivity index (χ1v) is 7.18. The van der Waals surface area contributed by atoms with Gasteiger partial charge in [0.15, 0.2) is 5.58 Å². The Kier molecular flexibility index (Phi) is 3.20. The van der Waals surface area contributed by atoms with Gasteiger partial charge in [-0.3, -0.25) is 0 Å². The van der Waals surface area contributed by atoms with E-state index in [0.717, 1.165) is 10.5 Å². The van der Waals surface area contributed by atoms with Crippen molar-refractivity contribution in [2.45, 2.75) is 4.90 Å². The van der Waals surface area contributed by atoms with Gasteiger partial charge in [-0.2, -0.15) is 0 Å². The quantitative estimate of drug-likeness (QED) is 0.739. The minimum absolute atomic E-state index is 0.204. The third-order valence-electron chi connectivity index (χ3n) is 2.97. The first kappa shape index (κ1) is 12.7. The fraction of sp³-hybridized carbons (Fsp3) is 0.0667. The summed E-state index contributed by atoms with van der Waals surface area (Å²) in [5, 5.41) is 8.97. The summed E-state index contributed by atoms with van der Waals surface area (Å²) in [5.74, 6) is -0.476. The molecule has 0 fully saturated rings. The highest BCUT2D eigenvalue weighted by Gasteiger charge is 2.11. The SMILES string of the molecule is CSc1ccc(-c2nc3cc(C(=O)O)ccc3o2)cc1. The average molecular weight is 285 g/mol. The molecular formula is C15H11NO3S. The normalized spacial score (nSPS) is 10.8. The molecule has 100 valence electrons. The summed E-state index contributed by atoms with van der Waals surface area (Å²) in [6, 6.07) is 12.5. The maximum atomic E-state index is 10.9. The zero-order valence-corrected chi connectivity index (χ0v) is 11.5. The predicted octanol–water partition coefficient (Wildman–Crippen LogP) is 3.91. The van der Waals surface area contributed by atoms with Crippen LogP contribution in [0.2, 0.25) is 0 Å². The number of aromatic carboxylic acids is 1. The fourth-order valence-electron chi connectivity index (χ4n) is 1.92. The molecule has 0 spiro atoms. The number of aromatic nitrogens is 1. The van der Waals surface area contributed by atoms with Crippen LogP contribution in [-0.4, -0.2) is 22.3 Å². The molecule has 20 heavy (non-hydrogen) atoms. The van der Waals surface area contributed by atoms with E-state index in [4.69, 9.17) is 9.52 Å². The van der Waals surface area contributed by atoms with Crippen molar-refractivity contribution in [3.63, 3.8) is 0 Å². The Morgan fingerprint density at radius 2 is 1.95 bits per heavy atom. The van der Waals surface area contributed by atoms with E-state index in [9.17, 15) is 4.79 Å². The predicted molar refractivity (Wildman–Crippen MR) is 78.2 cm³/mol. The lowest BCUT2D eigenvalue weighted by atomic mass is 10.2. The van der Waals surface area contributed by atoms with Gasteiger partial charge < -0.3 is 9.52 Å². The van der Waals surface area contributed by atoms with Gasteiger partial charge in [0.2, 0.25) is 5.89 Å². The molecule has 0 bridgehead atoms. The number of nitrogens with zero attached hydrogens (tertiary/aromatic N) is 1. The zero-order chi connectivity index (χ0) is 14.1. The summed E-state index contributed by atoms with van der Waals surface area (Å²) in [7, 11) is 0. The molecule has 0 aliphatic rings. The number of thioether (sulfide) groups is 1. The van der Waals surface area contributed by atoms with Gasteiger partial charge in [-0.05, 0) is 48.7 Å². The number of carbonyl (C=O) groups is 1. The Labute approximate surface area is 119 Å². The number of benzene rings is 2. The first-order valence-electron chi connectivity index (χ1n) is 5.95. The molecule has 4 nitrogen and oxygen atoms in total. The van der Waals surface area contributed by atoms with Crippen LogP contribution in [0.4, 0.5) is 0 Å². The molecule has 0 saturated heterocycles. The minimum Gasteiger partial charge on any atom is -0.478 e. The minimum atomic E-state index is -0.972. The Morgan fingerprint density at radius 3 is 2.60 bits per heavy atom. The molecule has 0 saturated carbocycles. The maximum absolute atomic E-state index is 10.9. The van der Waals surface area contributed by atoms with Gasteiger partial charge in [0.05, 0.1) is 5.56 Å². The number of hydrogen-bond acceptors (Lipinski definition) is 4. The summed E-state index contributed by atoms with van der Waals surface area (Å²) < 4.78 is 5.65. The highest BCUT2D eigenvalue weighted by atomic mass is 32.2. The van der Waals surface area contributed by atoms with E-state index in [1.54, 1.807) is 17.8 Å². The van der Waals surface area contributed by atoms with Gasteiger partial charge in [-0.15, -0.1) is 11.8 Å². The summed E-state index contributed by atoms with van der Waals surface area (Å²) >= 11 is 1.67. The zero-order valence-electron chi connectivity index (χ0n) is 10.7. The standard InChI is InChI=1S/C15H11NO3S/c1-20-11-5-2-9(3-6-11)14-16-12-8-10(15(17)18)4-7-13(12)19-14/h2-8H,1H3,(H,17,18). The lowest BCUT2D eigenvalue weighted by Gasteiger charge is -1.97. The molecule has 0 aliphatic heterocycles. The van der Waals surface area contributed by atoms with E-state index in [-0.39, 0.29) is 5.56 Å². The van der Waals surface area contributed by atoms with Crippen LogP contribution in [0.15, 0.2) is 51.8 Å². The molecule has 0 unspecified atom stereocenters. The molecule has 3 rings (SSSR count). The maximum Gasteiger partial charge on any atom is 0.335 e. The van der Waals surface area contributed by atoms with Gasteiger partial charge in [-0.25, -0.2) is 9.78 Å². The first-order chi connectivity index (χ1) is 9.67. The van der Waals surface area contributed by atoms with E-state index in [0.29, 0.717) is 17.0 Å². The smallest absolute Gasteiger partial charge is 0.335 e. The third kappa shape index (κ3) is 2.28. The van der Waals surface area contributed by atoms with E-state index in [1.807, 2.05) is 30.5 Å². The van der Waals surface area contributed by atoms with Crippen LogP contribution in [0, 0.1) is 0 Å². The van der Waals surface area contributed by atoms with Crippen LogP contribution in [0.25, 0.3) is 22.6 Å². The van der Waals surface area contributed by atoms with Crippen molar-refractivity contribution >= 4 is 28.8 Å². The lowest BCUT2D eigenvalue weighted by Crippen LogP contribution is -1.94. The summed E-state index contributed by atoms with van der Waals surface area (Å²) in [4.78, 5) is 16.4. The molecule has 1 heterocycles. The molecule has 1 N–H and O–H groups in total. The van der Waals surface area contributed by atoms with Crippen molar-refractivity contribution in [1.82, 2.24) is 4.98 Å². The van der Waals surface area contributed by atoms with Crippen molar-refractivity contribution < 1.29 is 14.3 Å². The Bertz CT molecular complexity index is 777. The van der Waals surface area contributed by atoms with Crippen LogP contribution in [-0.2, 0) is 0 Å². The van der Waals surface area contributed by atoms with E-state index < -0.39 is 5.97 Å². The highest BCUT2D eigenvalue weighted by Crippen LogP contribution is 2.26. The molecule has 1 aromatic heterocycles. The largest absolute Gasteiger partial charge is 0.478 e. The molecule has 0 amide bonds. The number of rotatable bonds is 3.